The Morgan fingerprint density at radius 1 is 1.25 bits per heavy atom. The standard InChI is InChI=1S/C24H33ClN4O3/c1-4-5-24(31)32-19-10-11-21(20(12-19)28-23-14-26-22(25)13-27-23)29(15-16(2)3)17-6-8-18(30)9-7-17/h10-14,16-18,30H,4-9,15H2,1-3H3,(H,27,28)/t17-,18-. The first-order valence-electron chi connectivity index (χ1n) is 11.4. The predicted molar refractivity (Wildman–Crippen MR) is 128 cm³/mol. The summed E-state index contributed by atoms with van der Waals surface area (Å²) < 4.78 is 5.54. The van der Waals surface area contributed by atoms with Gasteiger partial charge >= 0.3 is 5.97 Å². The number of rotatable bonds is 9. The minimum Gasteiger partial charge on any atom is -0.426 e. The number of esters is 1. The second kappa shape index (κ2) is 11.5. The molecule has 0 saturated heterocycles. The highest BCUT2D eigenvalue weighted by Gasteiger charge is 2.27. The van der Waals surface area contributed by atoms with Gasteiger partial charge in [0.25, 0.3) is 0 Å². The summed E-state index contributed by atoms with van der Waals surface area (Å²) >= 11 is 5.89. The summed E-state index contributed by atoms with van der Waals surface area (Å²) in [7, 11) is 0. The molecule has 32 heavy (non-hydrogen) atoms. The number of aliphatic hydroxyl groups is 1. The number of aromatic nitrogens is 2. The lowest BCUT2D eigenvalue weighted by Crippen LogP contribution is -2.41. The van der Waals surface area contributed by atoms with Gasteiger partial charge in [-0.25, -0.2) is 9.97 Å². The normalized spacial score (nSPS) is 18.4. The highest BCUT2D eigenvalue weighted by Crippen LogP contribution is 2.37. The van der Waals surface area contributed by atoms with Gasteiger partial charge in [0, 0.05) is 25.1 Å². The molecule has 1 fully saturated rings. The molecule has 0 radical (unpaired) electrons. The topological polar surface area (TPSA) is 87.6 Å². The first kappa shape index (κ1) is 24.3. The Bertz CT molecular complexity index is 883. The molecule has 1 saturated carbocycles. The first-order chi connectivity index (χ1) is 15.4. The molecule has 3 rings (SSSR count). The van der Waals surface area contributed by atoms with Crippen molar-refractivity contribution >= 4 is 34.8 Å². The van der Waals surface area contributed by atoms with E-state index < -0.39 is 0 Å². The lowest BCUT2D eigenvalue weighted by molar-refractivity contribution is -0.134. The summed E-state index contributed by atoms with van der Waals surface area (Å²) in [4.78, 5) is 22.9. The SMILES string of the molecule is CCCC(=O)Oc1ccc(N(CC(C)C)[C@H]2CC[C@H](O)CC2)c(Nc2cnc(Cl)cn2)c1. The minimum absolute atomic E-state index is 0.213. The summed E-state index contributed by atoms with van der Waals surface area (Å²) in [5.41, 5.74) is 1.79. The smallest absolute Gasteiger partial charge is 0.311 e. The van der Waals surface area contributed by atoms with Crippen LogP contribution in [-0.2, 0) is 4.79 Å². The van der Waals surface area contributed by atoms with Crippen LogP contribution in [-0.4, -0.2) is 39.7 Å². The van der Waals surface area contributed by atoms with E-state index in [1.165, 1.54) is 6.20 Å². The average Bonchev–Trinajstić information content (AvgIpc) is 2.75. The number of hydrogen-bond acceptors (Lipinski definition) is 7. The fourth-order valence-corrected chi connectivity index (χ4v) is 4.14. The number of hydrogen-bond donors (Lipinski definition) is 2. The molecule has 8 heteroatoms. The molecule has 0 spiro atoms. The van der Waals surface area contributed by atoms with Crippen LogP contribution in [0.2, 0.25) is 5.15 Å². The summed E-state index contributed by atoms with van der Waals surface area (Å²) in [5, 5.41) is 13.6. The summed E-state index contributed by atoms with van der Waals surface area (Å²) in [6.45, 7) is 7.21. The van der Waals surface area contributed by atoms with Crippen molar-refractivity contribution in [1.29, 1.82) is 0 Å². The van der Waals surface area contributed by atoms with E-state index in [-0.39, 0.29) is 12.1 Å². The predicted octanol–water partition coefficient (Wildman–Crippen LogP) is 5.35. The Balaban J connectivity index is 1.96. The number of ether oxygens (including phenoxy) is 1. The van der Waals surface area contributed by atoms with Gasteiger partial charge in [0.15, 0.2) is 0 Å². The third-order valence-corrected chi connectivity index (χ3v) is 5.71. The zero-order chi connectivity index (χ0) is 23.1. The van der Waals surface area contributed by atoms with Gasteiger partial charge in [-0.2, -0.15) is 0 Å². The monoisotopic (exact) mass is 460 g/mol. The second-order valence-electron chi connectivity index (χ2n) is 8.76. The lowest BCUT2D eigenvalue weighted by Gasteiger charge is -2.39. The molecule has 2 aromatic rings. The van der Waals surface area contributed by atoms with Crippen LogP contribution >= 0.6 is 11.6 Å². The zero-order valence-electron chi connectivity index (χ0n) is 19.1. The molecule has 0 aliphatic heterocycles. The fourth-order valence-electron chi connectivity index (χ4n) is 4.04. The number of halogens is 1. The fraction of sp³-hybridized carbons (Fsp3) is 0.542. The van der Waals surface area contributed by atoms with Crippen LogP contribution in [0.1, 0.15) is 59.3 Å². The average molecular weight is 461 g/mol. The largest absolute Gasteiger partial charge is 0.426 e. The van der Waals surface area contributed by atoms with Crippen LogP contribution in [0.4, 0.5) is 17.2 Å². The Kier molecular flexibility index (Phi) is 8.70. The van der Waals surface area contributed by atoms with Crippen molar-refractivity contribution in [2.75, 3.05) is 16.8 Å². The lowest BCUT2D eigenvalue weighted by atomic mass is 9.91. The Hall–Kier alpha value is -2.38. The van der Waals surface area contributed by atoms with Crippen LogP contribution in [0.25, 0.3) is 0 Å². The maximum atomic E-state index is 12.0. The van der Waals surface area contributed by atoms with Gasteiger partial charge in [-0.05, 0) is 50.2 Å². The molecule has 174 valence electrons. The van der Waals surface area contributed by atoms with E-state index in [2.05, 4.69) is 34.0 Å². The molecule has 7 nitrogen and oxygen atoms in total. The van der Waals surface area contributed by atoms with Gasteiger partial charge in [-0.1, -0.05) is 32.4 Å². The van der Waals surface area contributed by atoms with Gasteiger partial charge in [0.1, 0.15) is 16.7 Å². The molecule has 0 unspecified atom stereocenters. The maximum absolute atomic E-state index is 12.0. The molecule has 1 aromatic carbocycles. The highest BCUT2D eigenvalue weighted by molar-refractivity contribution is 6.29. The van der Waals surface area contributed by atoms with E-state index in [1.54, 1.807) is 6.20 Å². The first-order valence-corrected chi connectivity index (χ1v) is 11.8. The number of carbonyl (C=O) groups excluding carboxylic acids is 1. The molecular formula is C24H33ClN4O3. The Morgan fingerprint density at radius 2 is 2.00 bits per heavy atom. The second-order valence-corrected chi connectivity index (χ2v) is 9.15. The van der Waals surface area contributed by atoms with Gasteiger partial charge < -0.3 is 20.1 Å². The summed E-state index contributed by atoms with van der Waals surface area (Å²) in [6.07, 6.45) is 7.43. The van der Waals surface area contributed by atoms with Crippen LogP contribution in [0.15, 0.2) is 30.6 Å². The molecule has 1 aromatic heterocycles. The van der Waals surface area contributed by atoms with Crippen molar-refractivity contribution in [2.45, 2.75) is 71.4 Å². The number of benzene rings is 1. The van der Waals surface area contributed by atoms with E-state index in [0.717, 1.165) is 50.0 Å². The van der Waals surface area contributed by atoms with Crippen molar-refractivity contribution in [3.63, 3.8) is 0 Å². The Labute approximate surface area is 195 Å². The highest BCUT2D eigenvalue weighted by atomic mass is 35.5. The van der Waals surface area contributed by atoms with Crippen molar-refractivity contribution in [2.24, 2.45) is 5.92 Å². The van der Waals surface area contributed by atoms with Crippen molar-refractivity contribution < 1.29 is 14.6 Å². The van der Waals surface area contributed by atoms with E-state index in [4.69, 9.17) is 16.3 Å². The van der Waals surface area contributed by atoms with E-state index in [0.29, 0.717) is 35.1 Å². The van der Waals surface area contributed by atoms with Crippen molar-refractivity contribution in [1.82, 2.24) is 9.97 Å². The number of nitrogens with zero attached hydrogens (tertiary/aromatic N) is 3. The molecule has 2 N–H and O–H groups in total. The van der Waals surface area contributed by atoms with Gasteiger partial charge in [0.2, 0.25) is 0 Å². The number of carbonyl (C=O) groups is 1. The molecular weight excluding hydrogens is 428 g/mol. The number of nitrogens with one attached hydrogen (secondary N) is 1. The van der Waals surface area contributed by atoms with E-state index >= 15 is 0 Å². The molecule has 0 bridgehead atoms. The van der Waals surface area contributed by atoms with Crippen molar-refractivity contribution in [3.05, 3.63) is 35.7 Å². The van der Waals surface area contributed by atoms with Gasteiger partial charge in [0.05, 0.1) is 29.9 Å². The maximum Gasteiger partial charge on any atom is 0.311 e. The third kappa shape index (κ3) is 6.81. The van der Waals surface area contributed by atoms with Crippen LogP contribution < -0.4 is 15.0 Å². The van der Waals surface area contributed by atoms with Gasteiger partial charge in [-0.3, -0.25) is 4.79 Å². The molecule has 1 heterocycles. The Morgan fingerprint density at radius 3 is 2.62 bits per heavy atom. The van der Waals surface area contributed by atoms with E-state index in [1.807, 2.05) is 25.1 Å². The van der Waals surface area contributed by atoms with Crippen LogP contribution in [0.3, 0.4) is 0 Å². The molecule has 1 aliphatic carbocycles. The number of aliphatic hydroxyl groups excluding tert-OH is 1. The summed E-state index contributed by atoms with van der Waals surface area (Å²) in [6, 6.07) is 6.00. The zero-order valence-corrected chi connectivity index (χ0v) is 19.8. The summed E-state index contributed by atoms with van der Waals surface area (Å²) in [5.74, 6) is 1.24. The minimum atomic E-state index is -0.252. The molecule has 0 atom stereocenters. The van der Waals surface area contributed by atoms with Crippen LogP contribution in [0, 0.1) is 5.92 Å². The third-order valence-electron chi connectivity index (χ3n) is 5.52. The number of anilines is 3. The van der Waals surface area contributed by atoms with Gasteiger partial charge in [-0.15, -0.1) is 0 Å². The van der Waals surface area contributed by atoms with Crippen LogP contribution in [0.5, 0.6) is 5.75 Å². The molecule has 0 amide bonds. The van der Waals surface area contributed by atoms with E-state index in [9.17, 15) is 9.90 Å². The van der Waals surface area contributed by atoms with Crippen molar-refractivity contribution in [3.8, 4) is 5.75 Å². The quantitative estimate of drug-likeness (QED) is 0.385. The molecule has 1 aliphatic rings.